The molecule has 0 radical (unpaired) electrons. The van der Waals surface area contributed by atoms with Gasteiger partial charge in [0.1, 0.15) is 17.0 Å². The number of rotatable bonds is 8. The van der Waals surface area contributed by atoms with Crippen LogP contribution in [0.4, 0.5) is 19.3 Å². The Labute approximate surface area is 241 Å². The molecule has 5 rings (SSSR count). The lowest BCUT2D eigenvalue weighted by Crippen LogP contribution is -2.39. The number of carbonyl (C=O) groups is 1. The summed E-state index contributed by atoms with van der Waals surface area (Å²) in [6, 6.07) is 11.6. The van der Waals surface area contributed by atoms with Gasteiger partial charge < -0.3 is 15.2 Å². The van der Waals surface area contributed by atoms with E-state index in [2.05, 4.69) is 25.7 Å². The number of pyridine rings is 1. The number of fused-ring (bicyclic) bond motifs is 1. The fourth-order valence-corrected chi connectivity index (χ4v) is 4.61. The number of nitrogens with zero attached hydrogens (tertiary/aromatic N) is 5. The summed E-state index contributed by atoms with van der Waals surface area (Å²) in [5.74, 6) is -1.76. The molecule has 0 aliphatic heterocycles. The Morgan fingerprint density at radius 1 is 1.00 bits per heavy atom. The normalized spacial score (nSPS) is 11.3. The third-order valence-electron chi connectivity index (χ3n) is 6.49. The summed E-state index contributed by atoms with van der Waals surface area (Å²) < 4.78 is 32.8. The van der Waals surface area contributed by atoms with Crippen LogP contribution in [0.3, 0.4) is 0 Å². The van der Waals surface area contributed by atoms with Gasteiger partial charge in [-0.25, -0.2) is 33.1 Å². The molecular formula is C28H26F2N8O5. The predicted molar refractivity (Wildman–Crippen MR) is 154 cm³/mol. The molecule has 222 valence electrons. The number of hydrogen-bond acceptors (Lipinski definition) is 7. The largest absolute Gasteiger partial charge is 0.343 e. The maximum atomic E-state index is 14.8. The first-order valence-electron chi connectivity index (χ1n) is 12.8. The third-order valence-corrected chi connectivity index (χ3v) is 6.49. The molecule has 0 bridgehead atoms. The summed E-state index contributed by atoms with van der Waals surface area (Å²) in [7, 11) is 4.84. The Balaban J connectivity index is 1.79. The lowest BCUT2D eigenvalue weighted by atomic mass is 10.2. The van der Waals surface area contributed by atoms with E-state index in [0.717, 1.165) is 27.3 Å². The van der Waals surface area contributed by atoms with Crippen LogP contribution in [0.15, 0.2) is 75.2 Å². The second kappa shape index (κ2) is 11.8. The van der Waals surface area contributed by atoms with E-state index in [1.165, 1.54) is 30.1 Å². The second-order valence-corrected chi connectivity index (χ2v) is 9.72. The highest BCUT2D eigenvalue weighted by Crippen LogP contribution is 2.23. The quantitative estimate of drug-likeness (QED) is 0.234. The number of amides is 2. The Kier molecular flexibility index (Phi) is 8.00. The van der Waals surface area contributed by atoms with E-state index in [-0.39, 0.29) is 23.3 Å². The van der Waals surface area contributed by atoms with E-state index >= 15 is 0 Å². The first-order chi connectivity index (χ1) is 20.6. The Morgan fingerprint density at radius 2 is 1.67 bits per heavy atom. The summed E-state index contributed by atoms with van der Waals surface area (Å²) in [4.78, 5) is 60.2. The molecule has 0 spiro atoms. The van der Waals surface area contributed by atoms with E-state index in [1.807, 2.05) is 0 Å². The van der Waals surface area contributed by atoms with Crippen molar-refractivity contribution in [3.63, 3.8) is 0 Å². The highest BCUT2D eigenvalue weighted by atomic mass is 19.1. The number of aromatic nitrogens is 5. The molecule has 5 aromatic rings. The molecule has 3 heterocycles. The molecule has 0 saturated carbocycles. The molecule has 0 aliphatic rings. The molecule has 15 heteroatoms. The van der Waals surface area contributed by atoms with Gasteiger partial charge in [0, 0.05) is 30.1 Å². The number of halogens is 2. The molecule has 13 nitrogen and oxygen atoms in total. The van der Waals surface area contributed by atoms with Gasteiger partial charge in [-0.15, -0.1) is 5.10 Å². The monoisotopic (exact) mass is 592 g/mol. The minimum Gasteiger partial charge on any atom is -0.327 e. The van der Waals surface area contributed by atoms with Gasteiger partial charge >= 0.3 is 11.7 Å². The molecule has 43 heavy (non-hydrogen) atoms. The summed E-state index contributed by atoms with van der Waals surface area (Å²) in [5.41, 5.74) is 0.853. The van der Waals surface area contributed by atoms with Crippen molar-refractivity contribution in [3.05, 3.63) is 115 Å². The van der Waals surface area contributed by atoms with E-state index in [0.29, 0.717) is 17.1 Å². The molecular weight excluding hydrogens is 566 g/mol. The second-order valence-electron chi connectivity index (χ2n) is 9.72. The molecule has 0 unspecified atom stereocenters. The van der Waals surface area contributed by atoms with Crippen molar-refractivity contribution in [2.45, 2.75) is 13.1 Å². The van der Waals surface area contributed by atoms with Crippen molar-refractivity contribution in [2.24, 2.45) is 0 Å². The van der Waals surface area contributed by atoms with Crippen LogP contribution in [0.1, 0.15) is 11.3 Å². The van der Waals surface area contributed by atoms with Crippen LogP contribution in [0, 0.1) is 11.6 Å². The number of urea groups is 1. The van der Waals surface area contributed by atoms with Crippen molar-refractivity contribution in [3.8, 4) is 11.4 Å². The average Bonchev–Trinajstić information content (AvgIpc) is 3.32. The average molecular weight is 593 g/mol. The predicted octanol–water partition coefficient (Wildman–Crippen LogP) is 2.10. The first kappa shape index (κ1) is 29.1. The zero-order valence-corrected chi connectivity index (χ0v) is 23.2. The first-order valence-corrected chi connectivity index (χ1v) is 12.8. The van der Waals surface area contributed by atoms with Gasteiger partial charge in [-0.1, -0.05) is 6.07 Å². The highest BCUT2D eigenvalue weighted by Gasteiger charge is 2.25. The van der Waals surface area contributed by atoms with Crippen molar-refractivity contribution >= 4 is 22.8 Å². The summed E-state index contributed by atoms with van der Waals surface area (Å²) >= 11 is 0. The Hall–Kier alpha value is -5.41. The number of anilines is 1. The Morgan fingerprint density at radius 3 is 2.28 bits per heavy atom. The van der Waals surface area contributed by atoms with Crippen LogP contribution in [0.5, 0.6) is 0 Å². The molecule has 3 aromatic heterocycles. The van der Waals surface area contributed by atoms with Gasteiger partial charge in [0.15, 0.2) is 5.65 Å². The number of H-pyrrole nitrogens is 1. The lowest BCUT2D eigenvalue weighted by Gasteiger charge is -2.14. The minimum atomic E-state index is -0.919. The van der Waals surface area contributed by atoms with Crippen LogP contribution in [-0.4, -0.2) is 56.0 Å². The lowest BCUT2D eigenvalue weighted by molar-refractivity contribution is 0.114. The highest BCUT2D eigenvalue weighted by molar-refractivity contribution is 5.88. The number of hydroxylamine groups is 1. The minimum absolute atomic E-state index is 0.0259. The molecule has 2 aromatic carbocycles. The zero-order chi connectivity index (χ0) is 30.8. The van der Waals surface area contributed by atoms with Gasteiger partial charge in [-0.3, -0.25) is 19.0 Å². The SMILES string of the molecule is CONC(=O)Nc1ccc(-n2nc3c(c2CN(C)C)c(=O)n(-c2ccc(=O)[nH]c2)c(=O)n3Cc2c(F)cccc2F)cc1. The molecule has 0 aliphatic carbocycles. The fraction of sp³-hybridized carbons (Fsp3) is 0.179. The van der Waals surface area contributed by atoms with E-state index in [1.54, 1.807) is 43.3 Å². The fourth-order valence-electron chi connectivity index (χ4n) is 4.61. The van der Waals surface area contributed by atoms with Gasteiger partial charge in [-0.2, -0.15) is 0 Å². The molecule has 2 amide bonds. The number of hydrogen-bond donors (Lipinski definition) is 3. The Bertz CT molecular complexity index is 1970. The molecule has 0 saturated heterocycles. The van der Waals surface area contributed by atoms with Crippen LogP contribution in [0.2, 0.25) is 0 Å². The van der Waals surface area contributed by atoms with Gasteiger partial charge in [0.2, 0.25) is 5.56 Å². The van der Waals surface area contributed by atoms with Crippen molar-refractivity contribution < 1.29 is 18.4 Å². The number of aromatic amines is 1. The van der Waals surface area contributed by atoms with E-state index < -0.39 is 46.6 Å². The van der Waals surface area contributed by atoms with E-state index in [9.17, 15) is 28.0 Å². The summed E-state index contributed by atoms with van der Waals surface area (Å²) in [6.07, 6.45) is 1.20. The molecule has 0 fully saturated rings. The molecule has 3 N–H and O–H groups in total. The maximum absolute atomic E-state index is 14.8. The smallest absolute Gasteiger partial charge is 0.327 e. The number of carbonyl (C=O) groups excluding carboxylic acids is 1. The van der Waals surface area contributed by atoms with Crippen molar-refractivity contribution in [2.75, 3.05) is 26.5 Å². The summed E-state index contributed by atoms with van der Waals surface area (Å²) in [6.45, 7) is -0.396. The number of benzene rings is 2. The van der Waals surface area contributed by atoms with Crippen LogP contribution < -0.4 is 27.6 Å². The van der Waals surface area contributed by atoms with Crippen LogP contribution >= 0.6 is 0 Å². The van der Waals surface area contributed by atoms with E-state index in [4.69, 9.17) is 0 Å². The van der Waals surface area contributed by atoms with Crippen molar-refractivity contribution in [1.29, 1.82) is 0 Å². The summed E-state index contributed by atoms with van der Waals surface area (Å²) in [5, 5.41) is 7.21. The molecule has 0 atom stereocenters. The van der Waals surface area contributed by atoms with Gasteiger partial charge in [0.25, 0.3) is 5.56 Å². The third kappa shape index (κ3) is 5.71. The maximum Gasteiger partial charge on any atom is 0.343 e. The zero-order valence-electron chi connectivity index (χ0n) is 23.2. The topological polar surface area (TPSA) is 148 Å². The van der Waals surface area contributed by atoms with Crippen LogP contribution in [0.25, 0.3) is 22.4 Å². The number of nitrogens with one attached hydrogen (secondary N) is 3. The van der Waals surface area contributed by atoms with Crippen LogP contribution in [-0.2, 0) is 17.9 Å². The van der Waals surface area contributed by atoms with Gasteiger partial charge in [-0.05, 0) is 56.6 Å². The van der Waals surface area contributed by atoms with Gasteiger partial charge in [0.05, 0.1) is 30.7 Å². The van der Waals surface area contributed by atoms with Crippen molar-refractivity contribution in [1.82, 2.24) is 34.3 Å². The standard InChI is InChI=1S/C28H26F2N8O5/c1-35(2)15-22-24-25(33-38(22)17-9-7-16(8-10-17)32-27(41)34-43-3)36(14-19-20(29)5-4-6-21(19)30)28(42)37(26(24)40)18-11-12-23(39)31-13-18/h4-13H,14-15H2,1-3H3,(H,31,39)(H2,32,34,41).